The Morgan fingerprint density at radius 3 is 2.79 bits per heavy atom. The van der Waals surface area contributed by atoms with E-state index in [0.717, 1.165) is 31.6 Å². The number of hydrogen-bond donors (Lipinski definition) is 2. The summed E-state index contributed by atoms with van der Waals surface area (Å²) in [6, 6.07) is 19.5. The van der Waals surface area contributed by atoms with Crippen LogP contribution in [-0.2, 0) is 11.2 Å². The summed E-state index contributed by atoms with van der Waals surface area (Å²) in [5.74, 6) is 0.701. The van der Waals surface area contributed by atoms with Crippen LogP contribution in [0.3, 0.4) is 0 Å². The van der Waals surface area contributed by atoms with Gasteiger partial charge in [0.15, 0.2) is 0 Å². The van der Waals surface area contributed by atoms with Crippen molar-refractivity contribution in [3.8, 4) is 0 Å². The minimum absolute atomic E-state index is 0.0138. The predicted octanol–water partition coefficient (Wildman–Crippen LogP) is 3.46. The van der Waals surface area contributed by atoms with Crippen LogP contribution in [0.5, 0.6) is 0 Å². The molecule has 152 valence electrons. The van der Waals surface area contributed by atoms with Crippen LogP contribution < -0.4 is 10.6 Å². The molecular formula is C25H31N3O. The van der Waals surface area contributed by atoms with Gasteiger partial charge in [-0.2, -0.15) is 0 Å². The highest BCUT2D eigenvalue weighted by atomic mass is 16.2. The van der Waals surface area contributed by atoms with Gasteiger partial charge in [-0.25, -0.2) is 0 Å². The molecule has 2 saturated heterocycles. The van der Waals surface area contributed by atoms with Crippen molar-refractivity contribution >= 4 is 5.91 Å². The minimum Gasteiger partial charge on any atom is -0.349 e. The Morgan fingerprint density at radius 1 is 1.14 bits per heavy atom. The lowest BCUT2D eigenvalue weighted by molar-refractivity contribution is -0.134. The van der Waals surface area contributed by atoms with Crippen molar-refractivity contribution in [1.82, 2.24) is 15.5 Å². The number of benzene rings is 2. The molecule has 3 aliphatic rings. The summed E-state index contributed by atoms with van der Waals surface area (Å²) < 4.78 is 0. The Labute approximate surface area is 173 Å². The first kappa shape index (κ1) is 18.8. The van der Waals surface area contributed by atoms with E-state index in [-0.39, 0.29) is 30.0 Å². The van der Waals surface area contributed by atoms with E-state index in [0.29, 0.717) is 5.92 Å². The second-order valence-electron chi connectivity index (χ2n) is 8.94. The average molecular weight is 390 g/mol. The second kappa shape index (κ2) is 7.92. The first-order valence-electron chi connectivity index (χ1n) is 11.1. The van der Waals surface area contributed by atoms with Gasteiger partial charge in [0.25, 0.3) is 0 Å². The van der Waals surface area contributed by atoms with Crippen molar-refractivity contribution in [2.45, 2.75) is 44.3 Å². The Bertz CT molecular complexity index is 867. The molecule has 4 heteroatoms. The van der Waals surface area contributed by atoms with Gasteiger partial charge < -0.3 is 10.6 Å². The Hall–Kier alpha value is -2.17. The maximum absolute atomic E-state index is 13.7. The molecule has 2 N–H and O–H groups in total. The quantitative estimate of drug-likeness (QED) is 0.845. The number of nitrogens with zero attached hydrogens (tertiary/aromatic N) is 1. The van der Waals surface area contributed by atoms with Crippen molar-refractivity contribution in [3.05, 3.63) is 71.3 Å². The maximum Gasteiger partial charge on any atom is 0.227 e. The van der Waals surface area contributed by atoms with Crippen molar-refractivity contribution in [2.75, 3.05) is 19.6 Å². The summed E-state index contributed by atoms with van der Waals surface area (Å²) >= 11 is 0. The summed E-state index contributed by atoms with van der Waals surface area (Å²) in [5, 5.41) is 7.10. The smallest absolute Gasteiger partial charge is 0.227 e. The summed E-state index contributed by atoms with van der Waals surface area (Å²) in [4.78, 5) is 16.3. The van der Waals surface area contributed by atoms with E-state index in [4.69, 9.17) is 0 Å². The molecule has 5 rings (SSSR count). The number of carbonyl (C=O) groups is 1. The fourth-order valence-electron chi connectivity index (χ4n) is 5.82. The molecule has 3 heterocycles. The molecular weight excluding hydrogens is 358 g/mol. The standard InChI is InChI=1S/C25H31N3O/c1-17(18-8-3-2-4-9-18)27-25(29)22-23-20(11-7-14-26-23)16-28-15-13-19-10-5-6-12-21(19)24(22)28/h2-6,8-10,12,17,20,22-24,26H,7,11,13-16H2,1H3,(H,27,29)/t17-,20?,22?,23?,24?/m1/s1. The number of fused-ring (bicyclic) bond motifs is 4. The molecule has 2 aromatic rings. The van der Waals surface area contributed by atoms with Gasteiger partial charge in [-0.1, -0.05) is 54.6 Å². The topological polar surface area (TPSA) is 44.4 Å². The molecule has 1 amide bonds. The SMILES string of the molecule is C[C@@H](NC(=O)C1C2NCCCC2CN2CCc3ccccc3C12)c1ccccc1. The molecule has 0 bridgehead atoms. The molecule has 0 aliphatic carbocycles. The number of amides is 1. The number of hydrogen-bond acceptors (Lipinski definition) is 3. The Balaban J connectivity index is 1.47. The fraction of sp³-hybridized carbons (Fsp3) is 0.480. The molecule has 0 saturated carbocycles. The first-order valence-corrected chi connectivity index (χ1v) is 11.1. The molecule has 0 spiro atoms. The van der Waals surface area contributed by atoms with Crippen LogP contribution in [0.25, 0.3) is 0 Å². The van der Waals surface area contributed by atoms with Crippen LogP contribution in [0, 0.1) is 11.8 Å². The van der Waals surface area contributed by atoms with Crippen LogP contribution in [0.4, 0.5) is 0 Å². The Kier molecular flexibility index (Phi) is 5.15. The summed E-state index contributed by atoms with van der Waals surface area (Å²) in [5.41, 5.74) is 3.93. The normalized spacial score (nSPS) is 29.8. The molecule has 29 heavy (non-hydrogen) atoms. The third-order valence-corrected chi connectivity index (χ3v) is 7.23. The molecule has 0 aromatic heterocycles. The molecule has 2 fully saturated rings. The van der Waals surface area contributed by atoms with Crippen LogP contribution in [0.2, 0.25) is 0 Å². The lowest BCUT2D eigenvalue weighted by atomic mass is 9.70. The highest BCUT2D eigenvalue weighted by molar-refractivity contribution is 5.81. The van der Waals surface area contributed by atoms with E-state index < -0.39 is 0 Å². The molecule has 5 atom stereocenters. The van der Waals surface area contributed by atoms with E-state index in [9.17, 15) is 4.79 Å². The minimum atomic E-state index is -0.0540. The molecule has 4 nitrogen and oxygen atoms in total. The van der Waals surface area contributed by atoms with Gasteiger partial charge in [0.2, 0.25) is 5.91 Å². The van der Waals surface area contributed by atoms with E-state index >= 15 is 0 Å². The first-order chi connectivity index (χ1) is 14.2. The largest absolute Gasteiger partial charge is 0.349 e. The van der Waals surface area contributed by atoms with Crippen LogP contribution >= 0.6 is 0 Å². The van der Waals surface area contributed by atoms with Gasteiger partial charge in [-0.05, 0) is 55.3 Å². The zero-order valence-electron chi connectivity index (χ0n) is 17.2. The van der Waals surface area contributed by atoms with Crippen LogP contribution in [0.1, 0.15) is 48.5 Å². The van der Waals surface area contributed by atoms with E-state index in [1.807, 2.05) is 18.2 Å². The van der Waals surface area contributed by atoms with Crippen molar-refractivity contribution < 1.29 is 4.79 Å². The predicted molar refractivity (Wildman–Crippen MR) is 115 cm³/mol. The van der Waals surface area contributed by atoms with Crippen LogP contribution in [0.15, 0.2) is 54.6 Å². The third kappa shape index (κ3) is 3.49. The van der Waals surface area contributed by atoms with E-state index in [2.05, 4.69) is 58.9 Å². The van der Waals surface area contributed by atoms with Gasteiger partial charge in [0.05, 0.1) is 12.0 Å². The lowest BCUT2D eigenvalue weighted by Gasteiger charge is -2.53. The molecule has 0 radical (unpaired) electrons. The van der Waals surface area contributed by atoms with Gasteiger partial charge in [-0.15, -0.1) is 0 Å². The van der Waals surface area contributed by atoms with Gasteiger partial charge in [0.1, 0.15) is 0 Å². The molecule has 4 unspecified atom stereocenters. The Morgan fingerprint density at radius 2 is 1.93 bits per heavy atom. The lowest BCUT2D eigenvalue weighted by Crippen LogP contribution is -2.63. The monoisotopic (exact) mass is 389 g/mol. The van der Waals surface area contributed by atoms with Gasteiger partial charge in [-0.3, -0.25) is 9.69 Å². The summed E-state index contributed by atoms with van der Waals surface area (Å²) in [6.45, 7) is 5.28. The number of rotatable bonds is 3. The summed E-state index contributed by atoms with van der Waals surface area (Å²) in [7, 11) is 0. The van der Waals surface area contributed by atoms with Crippen molar-refractivity contribution in [1.29, 1.82) is 0 Å². The fourth-order valence-corrected chi connectivity index (χ4v) is 5.82. The highest BCUT2D eigenvalue weighted by Gasteiger charge is 2.49. The van der Waals surface area contributed by atoms with Crippen LogP contribution in [-0.4, -0.2) is 36.5 Å². The van der Waals surface area contributed by atoms with E-state index in [1.165, 1.54) is 24.0 Å². The number of carbonyl (C=O) groups excluding carboxylic acids is 1. The molecule has 3 aliphatic heterocycles. The maximum atomic E-state index is 13.7. The zero-order valence-corrected chi connectivity index (χ0v) is 17.2. The third-order valence-electron chi connectivity index (χ3n) is 7.23. The average Bonchev–Trinajstić information content (AvgIpc) is 2.77. The summed E-state index contributed by atoms with van der Waals surface area (Å²) in [6.07, 6.45) is 3.53. The van der Waals surface area contributed by atoms with Crippen molar-refractivity contribution in [3.63, 3.8) is 0 Å². The van der Waals surface area contributed by atoms with E-state index in [1.54, 1.807) is 0 Å². The highest BCUT2D eigenvalue weighted by Crippen LogP contribution is 2.44. The van der Waals surface area contributed by atoms with Crippen molar-refractivity contribution in [2.24, 2.45) is 11.8 Å². The number of piperidine rings is 2. The zero-order chi connectivity index (χ0) is 19.8. The molecule has 2 aromatic carbocycles. The number of nitrogens with one attached hydrogen (secondary N) is 2. The van der Waals surface area contributed by atoms with Gasteiger partial charge in [0, 0.05) is 25.2 Å². The van der Waals surface area contributed by atoms with Gasteiger partial charge >= 0.3 is 0 Å². The second-order valence-corrected chi connectivity index (χ2v) is 8.94.